The highest BCUT2D eigenvalue weighted by Crippen LogP contribution is 2.23. The van der Waals surface area contributed by atoms with Gasteiger partial charge in [0.1, 0.15) is 6.04 Å². The smallest absolute Gasteiger partial charge is 0.255 e. The van der Waals surface area contributed by atoms with Crippen LogP contribution in [0.2, 0.25) is 0 Å². The van der Waals surface area contributed by atoms with Crippen LogP contribution in [0.25, 0.3) is 11.4 Å². The first-order valence-electron chi connectivity index (χ1n) is 8.69. The Morgan fingerprint density at radius 3 is 2.67 bits per heavy atom. The number of rotatable bonds is 4. The van der Waals surface area contributed by atoms with E-state index in [9.17, 15) is 9.59 Å². The molecule has 1 aliphatic heterocycles. The molecular formula is C19H18N6O2. The van der Waals surface area contributed by atoms with E-state index in [0.717, 1.165) is 5.56 Å². The molecule has 1 atom stereocenters. The van der Waals surface area contributed by atoms with Crippen molar-refractivity contribution in [3.8, 4) is 11.4 Å². The van der Waals surface area contributed by atoms with Crippen LogP contribution < -0.4 is 5.32 Å². The lowest BCUT2D eigenvalue weighted by Gasteiger charge is -2.35. The molecular weight excluding hydrogens is 344 g/mol. The molecule has 1 fully saturated rings. The van der Waals surface area contributed by atoms with Gasteiger partial charge in [-0.1, -0.05) is 48.5 Å². The molecule has 0 bridgehead atoms. The van der Waals surface area contributed by atoms with Gasteiger partial charge in [-0.3, -0.25) is 9.59 Å². The van der Waals surface area contributed by atoms with Gasteiger partial charge in [0, 0.05) is 25.1 Å². The molecule has 0 aliphatic carbocycles. The third-order valence-corrected chi connectivity index (χ3v) is 4.61. The maximum absolute atomic E-state index is 13.3. The number of hydrogen-bond donors (Lipinski definition) is 2. The zero-order valence-corrected chi connectivity index (χ0v) is 14.5. The van der Waals surface area contributed by atoms with Crippen molar-refractivity contribution in [2.45, 2.75) is 12.5 Å². The second-order valence-electron chi connectivity index (χ2n) is 6.28. The number of carbonyl (C=O) groups excluding carboxylic acids is 2. The molecule has 0 unspecified atom stereocenters. The number of hydrogen-bond acceptors (Lipinski definition) is 5. The summed E-state index contributed by atoms with van der Waals surface area (Å²) in [5.74, 6) is -0.0123. The highest BCUT2D eigenvalue weighted by atomic mass is 16.2. The second kappa shape index (κ2) is 7.36. The van der Waals surface area contributed by atoms with Crippen molar-refractivity contribution in [3.63, 3.8) is 0 Å². The van der Waals surface area contributed by atoms with Crippen LogP contribution >= 0.6 is 0 Å². The number of carbonyl (C=O) groups is 2. The summed E-state index contributed by atoms with van der Waals surface area (Å²) in [5.41, 5.74) is 2.04. The summed E-state index contributed by atoms with van der Waals surface area (Å²) >= 11 is 0. The van der Waals surface area contributed by atoms with Gasteiger partial charge in [0.05, 0.1) is 5.56 Å². The normalized spacial score (nSPS) is 16.8. The van der Waals surface area contributed by atoms with Crippen LogP contribution in [-0.4, -0.2) is 56.5 Å². The van der Waals surface area contributed by atoms with Crippen molar-refractivity contribution < 1.29 is 9.59 Å². The lowest BCUT2D eigenvalue weighted by molar-refractivity contribution is -0.127. The molecule has 1 aromatic heterocycles. The fourth-order valence-corrected chi connectivity index (χ4v) is 3.29. The fraction of sp³-hybridized carbons (Fsp3) is 0.211. The van der Waals surface area contributed by atoms with Crippen LogP contribution in [0.1, 0.15) is 15.9 Å². The molecule has 2 heterocycles. The summed E-state index contributed by atoms with van der Waals surface area (Å²) in [6.07, 6.45) is 0.461. The molecule has 8 heteroatoms. The minimum atomic E-state index is -0.563. The molecule has 27 heavy (non-hydrogen) atoms. The Balaban J connectivity index is 1.66. The SMILES string of the molecule is O=C1NCCN(C(=O)c2ccccc2-c2nn[nH]n2)[C@@H]1Cc1ccccc1. The largest absolute Gasteiger partial charge is 0.353 e. The zero-order valence-electron chi connectivity index (χ0n) is 14.5. The summed E-state index contributed by atoms with van der Waals surface area (Å²) in [5, 5.41) is 16.8. The third-order valence-electron chi connectivity index (χ3n) is 4.61. The molecule has 1 saturated heterocycles. The van der Waals surface area contributed by atoms with Gasteiger partial charge in [0.2, 0.25) is 11.7 Å². The molecule has 0 radical (unpaired) electrons. The van der Waals surface area contributed by atoms with Gasteiger partial charge in [0.15, 0.2) is 0 Å². The minimum absolute atomic E-state index is 0.143. The first-order chi connectivity index (χ1) is 13.2. The highest BCUT2D eigenvalue weighted by Gasteiger charge is 2.34. The number of aromatic nitrogens is 4. The van der Waals surface area contributed by atoms with E-state index in [1.807, 2.05) is 36.4 Å². The van der Waals surface area contributed by atoms with E-state index >= 15 is 0 Å². The zero-order chi connectivity index (χ0) is 18.6. The molecule has 4 rings (SSSR count). The van der Waals surface area contributed by atoms with Gasteiger partial charge in [0.25, 0.3) is 5.91 Å². The van der Waals surface area contributed by atoms with E-state index in [4.69, 9.17) is 0 Å². The Kier molecular flexibility index (Phi) is 4.61. The predicted octanol–water partition coefficient (Wildman–Crippen LogP) is 1.05. The van der Waals surface area contributed by atoms with E-state index in [0.29, 0.717) is 36.5 Å². The van der Waals surface area contributed by atoms with E-state index in [1.165, 1.54) is 0 Å². The number of aromatic amines is 1. The Hall–Kier alpha value is -3.55. The van der Waals surface area contributed by atoms with Crippen LogP contribution in [0.4, 0.5) is 0 Å². The van der Waals surface area contributed by atoms with Crippen molar-refractivity contribution in [3.05, 3.63) is 65.7 Å². The van der Waals surface area contributed by atoms with Crippen molar-refractivity contribution in [2.24, 2.45) is 0 Å². The van der Waals surface area contributed by atoms with E-state index in [-0.39, 0.29) is 11.8 Å². The highest BCUT2D eigenvalue weighted by molar-refractivity contribution is 6.02. The molecule has 1 aliphatic rings. The molecule has 0 spiro atoms. The maximum atomic E-state index is 13.3. The number of nitrogens with zero attached hydrogens (tertiary/aromatic N) is 4. The van der Waals surface area contributed by atoms with Crippen molar-refractivity contribution in [1.29, 1.82) is 0 Å². The van der Waals surface area contributed by atoms with E-state index in [1.54, 1.807) is 23.1 Å². The number of benzene rings is 2. The quantitative estimate of drug-likeness (QED) is 0.722. The molecule has 0 saturated carbocycles. The number of nitrogens with one attached hydrogen (secondary N) is 2. The second-order valence-corrected chi connectivity index (χ2v) is 6.28. The van der Waals surface area contributed by atoms with Gasteiger partial charge in [-0.15, -0.1) is 10.2 Å². The average molecular weight is 362 g/mol. The summed E-state index contributed by atoms with van der Waals surface area (Å²) in [6.45, 7) is 0.878. The van der Waals surface area contributed by atoms with Crippen LogP contribution in [-0.2, 0) is 11.2 Å². The van der Waals surface area contributed by atoms with Crippen molar-refractivity contribution >= 4 is 11.8 Å². The Morgan fingerprint density at radius 2 is 1.89 bits per heavy atom. The van der Waals surface area contributed by atoms with Gasteiger partial charge in [-0.25, -0.2) is 0 Å². The first-order valence-corrected chi connectivity index (χ1v) is 8.69. The number of tetrazole rings is 1. The van der Waals surface area contributed by atoms with Crippen LogP contribution in [0, 0.1) is 0 Å². The van der Waals surface area contributed by atoms with Crippen molar-refractivity contribution in [1.82, 2.24) is 30.8 Å². The topological polar surface area (TPSA) is 104 Å². The monoisotopic (exact) mass is 362 g/mol. The van der Waals surface area contributed by atoms with Gasteiger partial charge in [-0.05, 0) is 16.8 Å². The van der Waals surface area contributed by atoms with Crippen LogP contribution in [0.5, 0.6) is 0 Å². The van der Waals surface area contributed by atoms with E-state index < -0.39 is 6.04 Å². The van der Waals surface area contributed by atoms with Gasteiger partial charge >= 0.3 is 0 Å². The minimum Gasteiger partial charge on any atom is -0.353 e. The average Bonchev–Trinajstić information content (AvgIpc) is 3.24. The summed E-state index contributed by atoms with van der Waals surface area (Å²) < 4.78 is 0. The lowest BCUT2D eigenvalue weighted by Crippen LogP contribution is -2.58. The standard InChI is InChI=1S/C19H18N6O2/c26-18-16(12-13-6-2-1-3-7-13)25(11-10-20-18)19(27)15-9-5-4-8-14(15)17-21-23-24-22-17/h1-9,16H,10-12H2,(H,20,26)(H,21,22,23,24)/t16-/m1/s1. The van der Waals surface area contributed by atoms with Gasteiger partial charge < -0.3 is 10.2 Å². The molecule has 136 valence electrons. The number of piperazine rings is 1. The summed E-state index contributed by atoms with van der Waals surface area (Å²) in [4.78, 5) is 27.5. The predicted molar refractivity (Wildman–Crippen MR) is 97.6 cm³/mol. The number of H-pyrrole nitrogens is 1. The third kappa shape index (κ3) is 3.41. The molecule has 2 aromatic carbocycles. The lowest BCUT2D eigenvalue weighted by atomic mass is 9.99. The molecule has 8 nitrogen and oxygen atoms in total. The van der Waals surface area contributed by atoms with E-state index in [2.05, 4.69) is 25.9 Å². The maximum Gasteiger partial charge on any atom is 0.255 e. The fourth-order valence-electron chi connectivity index (χ4n) is 3.29. The summed E-state index contributed by atoms with van der Waals surface area (Å²) in [6, 6.07) is 16.2. The van der Waals surface area contributed by atoms with Gasteiger partial charge in [-0.2, -0.15) is 5.21 Å². The number of amides is 2. The Bertz CT molecular complexity index is 942. The van der Waals surface area contributed by atoms with Crippen LogP contribution in [0.15, 0.2) is 54.6 Å². The first kappa shape index (κ1) is 16.9. The molecule has 2 amide bonds. The Morgan fingerprint density at radius 1 is 1.11 bits per heavy atom. The molecule has 3 aromatic rings. The van der Waals surface area contributed by atoms with Crippen LogP contribution in [0.3, 0.4) is 0 Å². The summed E-state index contributed by atoms with van der Waals surface area (Å²) in [7, 11) is 0. The molecule has 2 N–H and O–H groups in total. The Labute approximate surface area is 155 Å². The van der Waals surface area contributed by atoms with Crippen molar-refractivity contribution in [2.75, 3.05) is 13.1 Å².